The molecule has 8 nitrogen and oxygen atoms in total. The van der Waals surface area contributed by atoms with Gasteiger partial charge < -0.3 is 15.0 Å². The summed E-state index contributed by atoms with van der Waals surface area (Å²) in [5.41, 5.74) is 0.682. The number of carbonyl (C=O) groups is 2. The third-order valence-electron chi connectivity index (χ3n) is 4.93. The fourth-order valence-electron chi connectivity index (χ4n) is 3.18. The fraction of sp³-hybridized carbons (Fsp3) is 0.364. The van der Waals surface area contributed by atoms with Crippen molar-refractivity contribution < 1.29 is 45.4 Å². The largest absolute Gasteiger partial charge is 0.490 e. The van der Waals surface area contributed by atoms with Crippen molar-refractivity contribution in [3.8, 4) is 5.69 Å². The van der Waals surface area contributed by atoms with E-state index in [1.165, 1.54) is 36.7 Å². The van der Waals surface area contributed by atoms with Crippen molar-refractivity contribution in [3.05, 3.63) is 59.7 Å². The average Bonchev–Trinajstić information content (AvgIpc) is 3.37. The summed E-state index contributed by atoms with van der Waals surface area (Å²) < 4.78 is 86.5. The van der Waals surface area contributed by atoms with Crippen molar-refractivity contribution >= 4 is 17.6 Å². The molecule has 15 heteroatoms. The van der Waals surface area contributed by atoms with Gasteiger partial charge in [0.1, 0.15) is 17.7 Å². The number of carbonyl (C=O) groups excluding carboxylic acids is 1. The first-order chi connectivity index (χ1) is 16.9. The van der Waals surface area contributed by atoms with E-state index in [0.717, 1.165) is 6.20 Å². The Morgan fingerprint density at radius 1 is 1.03 bits per heavy atom. The molecule has 2 heterocycles. The van der Waals surface area contributed by atoms with Gasteiger partial charge in [-0.25, -0.2) is 18.9 Å². The Morgan fingerprint density at radius 2 is 1.57 bits per heavy atom. The Labute approximate surface area is 205 Å². The number of anilines is 1. The van der Waals surface area contributed by atoms with Gasteiger partial charge in [-0.3, -0.25) is 4.79 Å². The SMILES string of the molecule is Cc1nc(C(F)(F)F)cn1C(C)C(=O)Nc1cnn(-c2ccc(F)cc2)c1C(C)C.O=C(O)C(F)(F)F. The average molecular weight is 537 g/mol. The highest BCUT2D eigenvalue weighted by Crippen LogP contribution is 2.30. The van der Waals surface area contributed by atoms with Gasteiger partial charge in [0.2, 0.25) is 5.91 Å². The Bertz CT molecular complexity index is 1250. The number of hydrogen-bond acceptors (Lipinski definition) is 4. The van der Waals surface area contributed by atoms with Crippen molar-refractivity contribution in [1.82, 2.24) is 19.3 Å². The zero-order valence-electron chi connectivity index (χ0n) is 19.8. The second-order valence-electron chi connectivity index (χ2n) is 8.03. The van der Waals surface area contributed by atoms with Crippen LogP contribution in [0.3, 0.4) is 0 Å². The molecule has 0 aliphatic rings. The molecule has 1 aromatic carbocycles. The zero-order chi connectivity index (χ0) is 28.3. The van der Waals surface area contributed by atoms with Crippen molar-refractivity contribution in [2.75, 3.05) is 5.32 Å². The van der Waals surface area contributed by atoms with Crippen LogP contribution in [0.4, 0.5) is 36.4 Å². The molecule has 1 atom stereocenters. The summed E-state index contributed by atoms with van der Waals surface area (Å²) in [6.07, 6.45) is -7.39. The number of aryl methyl sites for hydroxylation is 1. The maximum atomic E-state index is 13.2. The maximum Gasteiger partial charge on any atom is 0.490 e. The molecule has 2 aromatic heterocycles. The van der Waals surface area contributed by atoms with Gasteiger partial charge in [0.05, 0.1) is 23.3 Å². The van der Waals surface area contributed by atoms with Gasteiger partial charge in [-0.15, -0.1) is 0 Å². The molecule has 3 rings (SSSR count). The summed E-state index contributed by atoms with van der Waals surface area (Å²) in [6, 6.07) is 4.82. The highest BCUT2D eigenvalue weighted by molar-refractivity contribution is 5.94. The minimum atomic E-state index is -5.08. The predicted molar refractivity (Wildman–Crippen MR) is 117 cm³/mol. The number of hydrogen-bond donors (Lipinski definition) is 2. The van der Waals surface area contributed by atoms with Crippen LogP contribution in [0.5, 0.6) is 0 Å². The number of nitrogens with one attached hydrogen (secondary N) is 1. The summed E-state index contributed by atoms with van der Waals surface area (Å²) in [5, 5.41) is 14.2. The molecular formula is C22H22F7N5O3. The topological polar surface area (TPSA) is 102 Å². The molecule has 0 aliphatic carbocycles. The quantitative estimate of drug-likeness (QED) is 0.419. The molecule has 3 aromatic rings. The first-order valence-electron chi connectivity index (χ1n) is 10.5. The molecule has 1 amide bonds. The molecule has 1 unspecified atom stereocenters. The highest BCUT2D eigenvalue weighted by Gasteiger charge is 2.38. The number of benzene rings is 1. The van der Waals surface area contributed by atoms with Gasteiger partial charge in [-0.2, -0.15) is 31.4 Å². The van der Waals surface area contributed by atoms with Crippen LogP contribution >= 0.6 is 0 Å². The van der Waals surface area contributed by atoms with Crippen LogP contribution in [-0.2, 0) is 15.8 Å². The summed E-state index contributed by atoms with van der Waals surface area (Å²) in [6.45, 7) is 6.71. The number of rotatable bonds is 5. The molecule has 2 N–H and O–H groups in total. The lowest BCUT2D eigenvalue weighted by Crippen LogP contribution is -2.24. The first kappa shape index (κ1) is 29.3. The van der Waals surface area contributed by atoms with Crippen molar-refractivity contribution in [1.29, 1.82) is 0 Å². The van der Waals surface area contributed by atoms with Gasteiger partial charge in [0.25, 0.3) is 0 Å². The Hall–Kier alpha value is -3.91. The molecule has 0 fully saturated rings. The van der Waals surface area contributed by atoms with Gasteiger partial charge in [0, 0.05) is 6.20 Å². The van der Waals surface area contributed by atoms with E-state index in [2.05, 4.69) is 15.4 Å². The third kappa shape index (κ3) is 7.30. The van der Waals surface area contributed by atoms with Crippen molar-refractivity contribution in [2.45, 2.75) is 52.0 Å². The first-order valence-corrected chi connectivity index (χ1v) is 10.5. The minimum Gasteiger partial charge on any atom is -0.475 e. The number of carboxylic acids is 1. The van der Waals surface area contributed by atoms with Gasteiger partial charge >= 0.3 is 18.3 Å². The third-order valence-corrected chi connectivity index (χ3v) is 4.93. The lowest BCUT2D eigenvalue weighted by Gasteiger charge is -2.17. The zero-order valence-corrected chi connectivity index (χ0v) is 19.8. The van der Waals surface area contributed by atoms with E-state index in [1.54, 1.807) is 16.8 Å². The standard InChI is InChI=1S/C20H21F4N5O.C2HF3O2/c1-11(2)18-16(9-25-29(18)15-7-5-14(21)6-8-15)27-19(30)12(3)28-10-17(20(22,23)24)26-13(28)4;3-2(4,5)1(6)7/h5-12H,1-4H3,(H,27,30);(H,6,7). The number of nitrogens with zero attached hydrogens (tertiary/aromatic N) is 4. The number of halogens is 7. The second-order valence-corrected chi connectivity index (χ2v) is 8.03. The molecule has 0 aliphatic heterocycles. The maximum absolute atomic E-state index is 13.2. The van der Waals surface area contributed by atoms with Gasteiger partial charge in [-0.1, -0.05) is 13.8 Å². The monoisotopic (exact) mass is 537 g/mol. The summed E-state index contributed by atoms with van der Waals surface area (Å²) in [4.78, 5) is 25.2. The van der Waals surface area contributed by atoms with Gasteiger partial charge in [0.15, 0.2) is 5.69 Å². The number of aromatic nitrogens is 4. The fourth-order valence-corrected chi connectivity index (χ4v) is 3.18. The van der Waals surface area contributed by atoms with Crippen molar-refractivity contribution in [3.63, 3.8) is 0 Å². The molecule has 0 bridgehead atoms. The van der Waals surface area contributed by atoms with E-state index in [0.29, 0.717) is 17.1 Å². The van der Waals surface area contributed by atoms with Crippen molar-refractivity contribution in [2.24, 2.45) is 0 Å². The predicted octanol–water partition coefficient (Wildman–Crippen LogP) is 5.49. The van der Waals surface area contributed by atoms with Crippen LogP contribution in [0.25, 0.3) is 5.69 Å². The molecule has 0 radical (unpaired) electrons. The van der Waals surface area contributed by atoms with Crippen LogP contribution in [0.15, 0.2) is 36.7 Å². The number of imidazole rings is 1. The number of aliphatic carboxylic acids is 1. The van der Waals surface area contributed by atoms with Crippen LogP contribution in [-0.4, -0.2) is 42.5 Å². The summed E-state index contributed by atoms with van der Waals surface area (Å²) >= 11 is 0. The normalized spacial score (nSPS) is 12.6. The molecule has 0 saturated carbocycles. The van der Waals surface area contributed by atoms with Crippen LogP contribution in [0.1, 0.15) is 49.9 Å². The summed E-state index contributed by atoms with van der Waals surface area (Å²) in [5.74, 6) is -3.61. The van der Waals surface area contributed by atoms with E-state index in [-0.39, 0.29) is 17.6 Å². The van der Waals surface area contributed by atoms with Gasteiger partial charge in [-0.05, 0) is 44.0 Å². The molecule has 202 valence electrons. The molecule has 37 heavy (non-hydrogen) atoms. The Balaban J connectivity index is 0.000000604. The van der Waals surface area contributed by atoms with Crippen LogP contribution in [0, 0.1) is 12.7 Å². The highest BCUT2D eigenvalue weighted by atomic mass is 19.4. The van der Waals surface area contributed by atoms with Crippen LogP contribution in [0.2, 0.25) is 0 Å². The van der Waals surface area contributed by atoms with E-state index >= 15 is 0 Å². The van der Waals surface area contributed by atoms with E-state index in [1.807, 2.05) is 13.8 Å². The van der Waals surface area contributed by atoms with E-state index < -0.39 is 36.0 Å². The number of amides is 1. The number of carboxylic acid groups (broad SMARTS) is 1. The lowest BCUT2D eigenvalue weighted by atomic mass is 10.1. The smallest absolute Gasteiger partial charge is 0.475 e. The van der Waals surface area contributed by atoms with Crippen LogP contribution < -0.4 is 5.32 Å². The molecule has 0 spiro atoms. The molecule has 0 saturated heterocycles. The van der Waals surface area contributed by atoms with E-state index in [9.17, 15) is 35.5 Å². The lowest BCUT2D eigenvalue weighted by molar-refractivity contribution is -0.192. The van der Waals surface area contributed by atoms with E-state index in [4.69, 9.17) is 9.90 Å². The molecular weight excluding hydrogens is 515 g/mol. The number of alkyl halides is 6. The minimum absolute atomic E-state index is 0.0463. The Kier molecular flexibility index (Phi) is 8.72. The Morgan fingerprint density at radius 3 is 2.00 bits per heavy atom. The second kappa shape index (κ2) is 11.0. The summed E-state index contributed by atoms with van der Waals surface area (Å²) in [7, 11) is 0.